The van der Waals surface area contributed by atoms with Gasteiger partial charge in [-0.1, -0.05) is 352 Å². The third-order valence-corrected chi connectivity index (χ3v) is 26.3. The van der Waals surface area contributed by atoms with Crippen LogP contribution in [0.2, 0.25) is 0 Å². The van der Waals surface area contributed by atoms with Crippen LogP contribution >= 0.6 is 0 Å². The molecule has 0 N–H and O–H groups in total. The molecule has 0 amide bonds. The summed E-state index contributed by atoms with van der Waals surface area (Å²) in [5.74, 6) is 9.43. The molecule has 0 saturated heterocycles. The Morgan fingerprint density at radius 2 is 0.281 bits per heavy atom. The van der Waals surface area contributed by atoms with Crippen LogP contribution in [-0.4, -0.2) is 34.9 Å². The van der Waals surface area contributed by atoms with Crippen molar-refractivity contribution in [1.82, 2.24) is 34.9 Å². The van der Waals surface area contributed by atoms with Gasteiger partial charge in [-0.3, -0.25) is 0 Å². The van der Waals surface area contributed by atoms with E-state index in [9.17, 15) is 0 Å². The Balaban J connectivity index is 0.000000119. The number of hydrogen-bond acceptors (Lipinski definition) is 15. The summed E-state index contributed by atoms with van der Waals surface area (Å²) in [4.78, 5) is 44.8. The molecule has 7 heterocycles. The lowest BCUT2D eigenvalue weighted by molar-refractivity contribution is 0.476. The van der Waals surface area contributed by atoms with E-state index in [1.807, 2.05) is 218 Å². The van der Waals surface area contributed by atoms with E-state index < -0.39 is 0 Å². The Kier molecular flexibility index (Phi) is 23.4. The van der Waals surface area contributed by atoms with Gasteiger partial charge in [0.25, 0.3) is 0 Å². The fourth-order valence-corrected chi connectivity index (χ4v) is 19.1. The van der Waals surface area contributed by atoms with Gasteiger partial charge in [0.15, 0.2) is 75.1 Å². The number of rotatable bonds is 16. The number of aromatic nitrogens is 7. The highest BCUT2D eigenvalue weighted by atomic mass is 16.5. The molecule has 27 rings (SSSR count). The van der Waals surface area contributed by atoms with Crippen molar-refractivity contribution in [2.75, 3.05) is 19.6 Å². The lowest BCUT2D eigenvalue weighted by atomic mass is 10.0. The minimum Gasteiger partial charge on any atom is -0.453 e. The molecule has 20 aromatic carbocycles. The third-order valence-electron chi connectivity index (χ3n) is 26.3. The Hall–Kier alpha value is -20.0. The lowest BCUT2D eigenvalue weighted by Crippen LogP contribution is -2.18. The smallest absolute Gasteiger partial charge is 0.164 e. The van der Waals surface area contributed by atoms with Gasteiger partial charge in [0.05, 0.1) is 68.3 Å². The summed E-state index contributed by atoms with van der Waals surface area (Å²) in [5, 5.41) is 0. The van der Waals surface area contributed by atoms with Gasteiger partial charge in [-0.25, -0.2) is 34.9 Å². The highest BCUT2D eigenvalue weighted by Gasteiger charge is 2.33. The summed E-state index contributed by atoms with van der Waals surface area (Å²) in [6, 6.07) is 180. The summed E-state index contributed by atoms with van der Waals surface area (Å²) in [5.41, 5.74) is 30.7. The first-order chi connectivity index (χ1) is 72.3. The van der Waals surface area contributed by atoms with Crippen molar-refractivity contribution in [3.05, 3.63) is 528 Å². The Bertz CT molecular complexity index is 8270. The second-order valence-electron chi connectivity index (χ2n) is 35.5. The summed E-state index contributed by atoms with van der Waals surface area (Å²) in [6.45, 7) is 0. The molecule has 0 atom stereocenters. The molecule has 146 heavy (non-hydrogen) atoms. The molecule has 23 aromatic rings. The van der Waals surface area contributed by atoms with Crippen molar-refractivity contribution in [3.63, 3.8) is 0 Å². The van der Waals surface area contributed by atoms with E-state index >= 15 is 0 Å². The largest absolute Gasteiger partial charge is 0.453 e. The van der Waals surface area contributed by atoms with Crippen molar-refractivity contribution in [1.29, 1.82) is 0 Å². The molecule has 0 unspecified atom stereocenters. The van der Waals surface area contributed by atoms with Crippen LogP contribution in [0.15, 0.2) is 528 Å². The molecule has 0 radical (unpaired) electrons. The first-order valence-corrected chi connectivity index (χ1v) is 48.5. The van der Waals surface area contributed by atoms with E-state index in [0.717, 1.165) is 209 Å². The number of anilines is 12. The summed E-state index contributed by atoms with van der Waals surface area (Å²) >= 11 is 0. The molecule has 3 aromatic heterocycles. The number of para-hydroxylation sites is 16. The van der Waals surface area contributed by atoms with Gasteiger partial charge in [-0.2, -0.15) is 0 Å². The lowest BCUT2D eigenvalue weighted by Gasteiger charge is -2.35. The molecule has 4 aliphatic rings. The molecular weight excluding hydrogens is 1790 g/mol. The zero-order valence-corrected chi connectivity index (χ0v) is 78.8. The second-order valence-corrected chi connectivity index (χ2v) is 35.5. The standard InChI is InChI=1S/C57H37N5O2.C40H27N3O.C34H23N3O/c1-3-15-38(16-4-1)40-27-31-42(32-28-40)55-58-56(43-33-29-41(30-34-43)39-17-5-2-6-18-39)60-57(59-55)44-35-45(61-47-19-7-11-23-51(47)63-52-24-12-8-20-48(52)61)37-46(36-44)62-49-21-9-13-25-53(49)64-54-26-14-10-22-50(54)62;1-3-11-28(12-4-1)29-19-21-31(22-20-29)35-27-34(30-13-5-2-6-14-30)41-40(42-35)32-23-25-33(26-24-32)43-36-15-7-9-17-38(36)44-39-18-10-8-16-37(39)43;1-3-11-24(12-4-1)28-23-29(25-13-5-2-6-14-25)36-34(35-28)26-19-21-27(22-20-26)37-30-15-7-9-17-32(30)38-33-18-10-8-16-31(33)37/h1-37H;1-27H;1-23H. The highest BCUT2D eigenvalue weighted by molar-refractivity contribution is 5.95. The molecule has 15 nitrogen and oxygen atoms in total. The van der Waals surface area contributed by atoms with Crippen molar-refractivity contribution < 1.29 is 18.9 Å². The highest BCUT2D eigenvalue weighted by Crippen LogP contribution is 2.57. The van der Waals surface area contributed by atoms with Gasteiger partial charge >= 0.3 is 0 Å². The van der Waals surface area contributed by atoms with Crippen LogP contribution in [0.25, 0.3) is 135 Å². The summed E-state index contributed by atoms with van der Waals surface area (Å²) < 4.78 is 25.3. The van der Waals surface area contributed by atoms with Crippen molar-refractivity contribution in [2.45, 2.75) is 0 Å². The van der Waals surface area contributed by atoms with Gasteiger partial charge in [0.1, 0.15) is 0 Å². The zero-order chi connectivity index (χ0) is 97.0. The average molecular weight is 1880 g/mol. The normalized spacial score (nSPS) is 12.0. The molecule has 0 bridgehead atoms. The van der Waals surface area contributed by atoms with Crippen LogP contribution < -0.4 is 38.5 Å². The van der Waals surface area contributed by atoms with Crippen molar-refractivity contribution in [2.24, 2.45) is 0 Å². The van der Waals surface area contributed by atoms with Crippen LogP contribution in [0.5, 0.6) is 46.0 Å². The predicted molar refractivity (Wildman–Crippen MR) is 588 cm³/mol. The van der Waals surface area contributed by atoms with Crippen molar-refractivity contribution in [3.8, 4) is 181 Å². The fraction of sp³-hybridized carbons (Fsp3) is 0. The number of benzene rings is 20. The predicted octanol–water partition coefficient (Wildman–Crippen LogP) is 35.1. The molecule has 0 fully saturated rings. The van der Waals surface area contributed by atoms with Gasteiger partial charge in [0, 0.05) is 72.8 Å². The Labute approximate surface area is 845 Å². The van der Waals surface area contributed by atoms with Gasteiger partial charge in [-0.05, 0) is 209 Å². The zero-order valence-electron chi connectivity index (χ0n) is 78.8. The minimum absolute atomic E-state index is 0.534. The summed E-state index contributed by atoms with van der Waals surface area (Å²) in [6.07, 6.45) is 0. The minimum atomic E-state index is 0.534. The molecule has 4 aliphatic heterocycles. The topological polar surface area (TPSA) is 140 Å². The molecule has 690 valence electrons. The first-order valence-electron chi connectivity index (χ1n) is 48.5. The van der Waals surface area contributed by atoms with Crippen LogP contribution in [0, 0.1) is 0 Å². The number of hydrogen-bond donors (Lipinski definition) is 0. The van der Waals surface area contributed by atoms with Gasteiger partial charge < -0.3 is 38.5 Å². The first kappa shape index (κ1) is 87.5. The second kappa shape index (κ2) is 39.0. The number of ether oxygens (including phenoxy) is 4. The molecule has 0 spiro atoms. The molecule has 15 heteroatoms. The van der Waals surface area contributed by atoms with Crippen LogP contribution in [-0.2, 0) is 0 Å². The summed E-state index contributed by atoms with van der Waals surface area (Å²) in [7, 11) is 0. The van der Waals surface area contributed by atoms with E-state index in [4.69, 9.17) is 53.8 Å². The quantitative estimate of drug-likeness (QED) is 0.0905. The maximum Gasteiger partial charge on any atom is 0.164 e. The van der Waals surface area contributed by atoms with E-state index in [0.29, 0.717) is 29.1 Å². The van der Waals surface area contributed by atoms with Gasteiger partial charge in [0.2, 0.25) is 0 Å². The van der Waals surface area contributed by atoms with Crippen LogP contribution in [0.3, 0.4) is 0 Å². The fourth-order valence-electron chi connectivity index (χ4n) is 19.1. The number of fused-ring (bicyclic) bond motifs is 8. The molecular formula is C131H87N11O4. The van der Waals surface area contributed by atoms with E-state index in [1.54, 1.807) is 0 Å². The number of nitrogens with zero attached hydrogens (tertiary/aromatic N) is 11. The van der Waals surface area contributed by atoms with Crippen molar-refractivity contribution >= 4 is 68.2 Å². The monoisotopic (exact) mass is 1880 g/mol. The van der Waals surface area contributed by atoms with Gasteiger partial charge in [-0.15, -0.1) is 0 Å². The van der Waals surface area contributed by atoms with Crippen LogP contribution in [0.1, 0.15) is 0 Å². The van der Waals surface area contributed by atoms with E-state index in [-0.39, 0.29) is 0 Å². The Morgan fingerprint density at radius 3 is 0.521 bits per heavy atom. The van der Waals surface area contributed by atoms with E-state index in [2.05, 4.69) is 329 Å². The average Bonchev–Trinajstić information content (AvgIpc) is 0.454. The Morgan fingerprint density at radius 1 is 0.116 bits per heavy atom. The van der Waals surface area contributed by atoms with E-state index in [1.165, 1.54) is 11.1 Å². The van der Waals surface area contributed by atoms with Crippen LogP contribution in [0.4, 0.5) is 68.2 Å². The maximum atomic E-state index is 6.48. The maximum absolute atomic E-state index is 6.48. The molecule has 0 aliphatic carbocycles. The third kappa shape index (κ3) is 17.6. The SMILES string of the molecule is c1ccc(-c2cc(-c3ccccc3)nc(-c3ccc(N4c5ccccc5Oc5ccccc54)cc3)n2)cc1.c1ccc(-c2ccc(-c3cc(-c4ccccc4)nc(-c4ccc(N5c6ccccc6Oc6ccccc65)cc4)n3)cc2)cc1.c1ccc(-c2ccc(-c3nc(-c4ccc(-c5ccccc5)cc4)nc(-c4cc(N5c6ccccc6Oc6ccccc65)cc(N5c6ccccc6Oc6ccccc65)c4)n3)cc2)cc1. The molecule has 0 saturated carbocycles.